The standard InChI is InChI=1S/C30H50O6/c1-23(2)15-16-26(31)24(3)11-9-18-30(4)29(36-28-14-6-8-20-33-28)25(12-10-21-35-30)17-22-34-27-13-5-7-19-32-27/h15,17,24,27-29H,5-14,16,18-22H2,1-4H3/t24?,27?,28?,29-,30?/m1/s1. The van der Waals surface area contributed by atoms with Crippen molar-refractivity contribution in [3.05, 3.63) is 23.3 Å². The van der Waals surface area contributed by atoms with Gasteiger partial charge in [-0.1, -0.05) is 24.6 Å². The van der Waals surface area contributed by atoms with Gasteiger partial charge in [-0.2, -0.15) is 0 Å². The van der Waals surface area contributed by atoms with Crippen LogP contribution in [0, 0.1) is 5.92 Å². The van der Waals surface area contributed by atoms with Gasteiger partial charge in [0.25, 0.3) is 0 Å². The Morgan fingerprint density at radius 1 is 1.06 bits per heavy atom. The van der Waals surface area contributed by atoms with Gasteiger partial charge in [0.2, 0.25) is 0 Å². The Balaban J connectivity index is 1.65. The first-order valence-corrected chi connectivity index (χ1v) is 14.4. The molecule has 0 aromatic rings. The number of rotatable bonds is 12. The summed E-state index contributed by atoms with van der Waals surface area (Å²) in [5.41, 5.74) is 1.97. The summed E-state index contributed by atoms with van der Waals surface area (Å²) in [7, 11) is 0. The van der Waals surface area contributed by atoms with Gasteiger partial charge < -0.3 is 23.7 Å². The van der Waals surface area contributed by atoms with E-state index in [0.29, 0.717) is 25.4 Å². The van der Waals surface area contributed by atoms with Crippen molar-refractivity contribution in [2.75, 3.05) is 26.4 Å². The fourth-order valence-corrected chi connectivity index (χ4v) is 5.33. The van der Waals surface area contributed by atoms with E-state index < -0.39 is 5.60 Å². The number of hydrogen-bond acceptors (Lipinski definition) is 6. The van der Waals surface area contributed by atoms with E-state index >= 15 is 0 Å². The van der Waals surface area contributed by atoms with Crippen molar-refractivity contribution in [2.45, 2.75) is 129 Å². The van der Waals surface area contributed by atoms with Crippen LogP contribution >= 0.6 is 0 Å². The lowest BCUT2D eigenvalue weighted by atomic mass is 9.85. The maximum absolute atomic E-state index is 12.5. The molecule has 3 aliphatic rings. The minimum absolute atomic E-state index is 0.0509. The van der Waals surface area contributed by atoms with E-state index in [-0.39, 0.29) is 24.6 Å². The number of Topliss-reactive ketones (excluding diaryl/α,β-unsaturated/α-hetero) is 1. The Morgan fingerprint density at radius 3 is 2.44 bits per heavy atom. The van der Waals surface area contributed by atoms with Crippen molar-refractivity contribution in [2.24, 2.45) is 5.92 Å². The van der Waals surface area contributed by atoms with Gasteiger partial charge in [-0.25, -0.2) is 0 Å². The fraction of sp³-hybridized carbons (Fsp3) is 0.833. The Labute approximate surface area is 219 Å². The van der Waals surface area contributed by atoms with E-state index in [1.807, 2.05) is 19.9 Å². The number of ketones is 1. The molecule has 3 saturated heterocycles. The van der Waals surface area contributed by atoms with E-state index in [9.17, 15) is 4.79 Å². The van der Waals surface area contributed by atoms with Gasteiger partial charge in [0.05, 0.1) is 12.2 Å². The molecule has 0 N–H and O–H groups in total. The van der Waals surface area contributed by atoms with E-state index in [1.165, 1.54) is 11.1 Å². The Morgan fingerprint density at radius 2 is 1.78 bits per heavy atom. The summed E-state index contributed by atoms with van der Waals surface area (Å²) in [5, 5.41) is 0. The summed E-state index contributed by atoms with van der Waals surface area (Å²) >= 11 is 0. The van der Waals surface area contributed by atoms with Crippen LogP contribution in [0.25, 0.3) is 0 Å². The highest BCUT2D eigenvalue weighted by atomic mass is 16.7. The molecule has 3 heterocycles. The van der Waals surface area contributed by atoms with Crippen molar-refractivity contribution in [3.8, 4) is 0 Å². The van der Waals surface area contributed by atoms with E-state index in [2.05, 4.69) is 19.9 Å². The zero-order chi connectivity index (χ0) is 25.8. The van der Waals surface area contributed by atoms with Crippen LogP contribution in [0.3, 0.4) is 0 Å². The van der Waals surface area contributed by atoms with Crippen molar-refractivity contribution < 1.29 is 28.5 Å². The Kier molecular flexibility index (Phi) is 12.6. The van der Waals surface area contributed by atoms with Crippen LogP contribution in [0.4, 0.5) is 0 Å². The third-order valence-corrected chi connectivity index (χ3v) is 7.70. The zero-order valence-corrected chi connectivity index (χ0v) is 23.2. The summed E-state index contributed by atoms with van der Waals surface area (Å²) in [6.07, 6.45) is 15.2. The topological polar surface area (TPSA) is 63.2 Å². The third-order valence-electron chi connectivity index (χ3n) is 7.70. The van der Waals surface area contributed by atoms with Crippen LogP contribution in [0.2, 0.25) is 0 Å². The number of hydrogen-bond donors (Lipinski definition) is 0. The Hall–Kier alpha value is -1.05. The first kappa shape index (κ1) is 29.5. The highest BCUT2D eigenvalue weighted by Crippen LogP contribution is 2.37. The summed E-state index contributed by atoms with van der Waals surface area (Å²) < 4.78 is 31.0. The van der Waals surface area contributed by atoms with Gasteiger partial charge in [0.1, 0.15) is 11.9 Å². The molecule has 5 atom stereocenters. The highest BCUT2D eigenvalue weighted by Gasteiger charge is 2.41. The normalized spacial score (nSPS) is 31.6. The average molecular weight is 507 g/mol. The van der Waals surface area contributed by atoms with Crippen LogP contribution in [-0.4, -0.2) is 56.5 Å². The average Bonchev–Trinajstić information content (AvgIpc) is 3.02. The molecule has 4 unspecified atom stereocenters. The van der Waals surface area contributed by atoms with Crippen LogP contribution in [0.15, 0.2) is 23.3 Å². The van der Waals surface area contributed by atoms with Gasteiger partial charge in [-0.3, -0.25) is 4.79 Å². The molecule has 0 saturated carbocycles. The van der Waals surface area contributed by atoms with Crippen LogP contribution in [0.5, 0.6) is 0 Å². The summed E-state index contributed by atoms with van der Waals surface area (Å²) in [6, 6.07) is 0. The minimum Gasteiger partial charge on any atom is -0.372 e. The van der Waals surface area contributed by atoms with Crippen molar-refractivity contribution in [1.29, 1.82) is 0 Å². The number of carbonyl (C=O) groups is 1. The lowest BCUT2D eigenvalue weighted by Gasteiger charge is -2.40. The molecule has 206 valence electrons. The molecule has 3 aliphatic heterocycles. The second-order valence-electron chi connectivity index (χ2n) is 11.2. The molecule has 6 nitrogen and oxygen atoms in total. The predicted octanol–water partition coefficient (Wildman–Crippen LogP) is 6.67. The minimum atomic E-state index is -0.465. The summed E-state index contributed by atoms with van der Waals surface area (Å²) in [6.45, 7) is 11.1. The molecule has 3 fully saturated rings. The molecular weight excluding hydrogens is 456 g/mol. The van der Waals surface area contributed by atoms with E-state index in [1.54, 1.807) is 0 Å². The number of ether oxygens (including phenoxy) is 5. The Bertz CT molecular complexity index is 715. The molecular formula is C30H50O6. The van der Waals surface area contributed by atoms with Gasteiger partial charge in [-0.15, -0.1) is 0 Å². The summed E-state index contributed by atoms with van der Waals surface area (Å²) in [4.78, 5) is 12.5. The van der Waals surface area contributed by atoms with Crippen molar-refractivity contribution in [3.63, 3.8) is 0 Å². The quantitative estimate of drug-likeness (QED) is 0.276. The van der Waals surface area contributed by atoms with Crippen molar-refractivity contribution >= 4 is 5.78 Å². The number of allylic oxidation sites excluding steroid dienone is 2. The van der Waals surface area contributed by atoms with Crippen LogP contribution in [-0.2, 0) is 28.5 Å². The first-order chi connectivity index (χ1) is 17.4. The zero-order valence-electron chi connectivity index (χ0n) is 23.2. The monoisotopic (exact) mass is 506 g/mol. The van der Waals surface area contributed by atoms with Crippen LogP contribution in [0.1, 0.15) is 105 Å². The molecule has 0 amide bonds. The predicted molar refractivity (Wildman–Crippen MR) is 142 cm³/mol. The molecule has 0 bridgehead atoms. The summed E-state index contributed by atoms with van der Waals surface area (Å²) in [5.74, 6) is 0.365. The third kappa shape index (κ3) is 9.68. The largest absolute Gasteiger partial charge is 0.372 e. The van der Waals surface area contributed by atoms with Crippen LogP contribution < -0.4 is 0 Å². The van der Waals surface area contributed by atoms with Gasteiger partial charge >= 0.3 is 0 Å². The van der Waals surface area contributed by atoms with Gasteiger partial charge in [-0.05, 0) is 97.0 Å². The SMILES string of the molecule is CC(C)=CCC(=O)C(C)CCCC1(C)OCCCC(=CCOC2CCCCO2)[C@H]1OC1CCCCO1. The van der Waals surface area contributed by atoms with Gasteiger partial charge in [0, 0.05) is 32.2 Å². The molecule has 36 heavy (non-hydrogen) atoms. The van der Waals surface area contributed by atoms with E-state index in [0.717, 1.165) is 83.8 Å². The molecule has 6 heteroatoms. The second kappa shape index (κ2) is 15.4. The highest BCUT2D eigenvalue weighted by molar-refractivity contribution is 5.82. The lowest BCUT2D eigenvalue weighted by molar-refractivity contribution is -0.223. The van der Waals surface area contributed by atoms with Gasteiger partial charge in [0.15, 0.2) is 12.6 Å². The maximum atomic E-state index is 12.5. The first-order valence-electron chi connectivity index (χ1n) is 14.4. The molecule has 0 aromatic heterocycles. The van der Waals surface area contributed by atoms with Crippen molar-refractivity contribution in [1.82, 2.24) is 0 Å². The van der Waals surface area contributed by atoms with E-state index in [4.69, 9.17) is 23.7 Å². The smallest absolute Gasteiger partial charge is 0.158 e. The fourth-order valence-electron chi connectivity index (χ4n) is 5.33. The number of carbonyl (C=O) groups excluding carboxylic acids is 1. The molecule has 0 aliphatic carbocycles. The second-order valence-corrected chi connectivity index (χ2v) is 11.2. The maximum Gasteiger partial charge on any atom is 0.158 e. The molecule has 0 radical (unpaired) electrons. The molecule has 0 spiro atoms. The molecule has 0 aromatic carbocycles. The molecule has 3 rings (SSSR count). The lowest BCUT2D eigenvalue weighted by Crippen LogP contribution is -2.46.